The molecule has 0 aromatic carbocycles. The van der Waals surface area contributed by atoms with E-state index in [9.17, 15) is 4.79 Å². The Bertz CT molecular complexity index is 709. The number of aromatic nitrogens is 2. The molecule has 1 aliphatic heterocycles. The molecule has 112 valence electrons. The zero-order valence-electron chi connectivity index (χ0n) is 12.6. The molecule has 3 rings (SSSR count). The Morgan fingerprint density at radius 2 is 2.24 bits per heavy atom. The number of hydrogen-bond donors (Lipinski definition) is 1. The van der Waals surface area contributed by atoms with Gasteiger partial charge in [0.1, 0.15) is 5.65 Å². The molecule has 2 atom stereocenters. The first-order valence-electron chi connectivity index (χ1n) is 7.50. The third-order valence-electron chi connectivity index (χ3n) is 4.32. The van der Waals surface area contributed by atoms with Gasteiger partial charge < -0.3 is 5.73 Å². The smallest absolute Gasteiger partial charge is 0.258 e. The Labute approximate surface area is 124 Å². The van der Waals surface area contributed by atoms with Crippen LogP contribution in [-0.4, -0.2) is 33.4 Å². The first kappa shape index (κ1) is 14.2. The van der Waals surface area contributed by atoms with Gasteiger partial charge >= 0.3 is 0 Å². The van der Waals surface area contributed by atoms with E-state index in [1.165, 1.54) is 0 Å². The number of fused-ring (bicyclic) bond motifs is 1. The second-order valence-electron chi connectivity index (χ2n) is 6.18. The summed E-state index contributed by atoms with van der Waals surface area (Å²) in [6.07, 6.45) is 2.79. The second kappa shape index (κ2) is 5.58. The number of likely N-dealkylation sites (tertiary alicyclic amines) is 1. The van der Waals surface area contributed by atoms with Gasteiger partial charge in [-0.25, -0.2) is 4.98 Å². The monoisotopic (exact) mass is 286 g/mol. The molecule has 0 radical (unpaired) electrons. The van der Waals surface area contributed by atoms with E-state index in [4.69, 9.17) is 5.73 Å². The fraction of sp³-hybridized carbons (Fsp3) is 0.500. The summed E-state index contributed by atoms with van der Waals surface area (Å²) in [7, 11) is 0. The van der Waals surface area contributed by atoms with E-state index in [2.05, 4.69) is 16.8 Å². The largest absolute Gasteiger partial charge is 0.327 e. The van der Waals surface area contributed by atoms with Crippen LogP contribution in [0, 0.1) is 12.8 Å². The van der Waals surface area contributed by atoms with Crippen LogP contribution in [0.25, 0.3) is 5.65 Å². The maximum Gasteiger partial charge on any atom is 0.258 e. The van der Waals surface area contributed by atoms with Crippen molar-refractivity contribution >= 4 is 5.65 Å². The van der Waals surface area contributed by atoms with Crippen molar-refractivity contribution in [3.63, 3.8) is 0 Å². The number of nitrogens with two attached hydrogens (primary N) is 1. The predicted octanol–water partition coefficient (Wildman–Crippen LogP) is 1.17. The first-order chi connectivity index (χ1) is 10.0. The molecule has 0 amide bonds. The Kier molecular flexibility index (Phi) is 3.78. The number of piperidine rings is 1. The van der Waals surface area contributed by atoms with Crippen LogP contribution in [0.3, 0.4) is 0 Å². The quantitative estimate of drug-likeness (QED) is 0.900. The fourth-order valence-corrected chi connectivity index (χ4v) is 2.96. The lowest BCUT2D eigenvalue weighted by Crippen LogP contribution is -2.45. The van der Waals surface area contributed by atoms with Crippen molar-refractivity contribution in [2.24, 2.45) is 11.7 Å². The summed E-state index contributed by atoms with van der Waals surface area (Å²) >= 11 is 0. The molecule has 1 aliphatic rings. The molecule has 2 unspecified atom stereocenters. The SMILES string of the molecule is Cc1ccn2c(=O)cc(CN3CCC(N)C(C)C3)nc2c1. The standard InChI is InChI=1S/C16H22N4O/c1-11-3-6-20-15(7-11)18-13(8-16(20)21)10-19-5-4-14(17)12(2)9-19/h3,6-8,12,14H,4-5,9-10,17H2,1-2H3. The number of aryl methyl sites for hydroxylation is 1. The lowest BCUT2D eigenvalue weighted by Gasteiger charge is -2.34. The third kappa shape index (κ3) is 2.99. The summed E-state index contributed by atoms with van der Waals surface area (Å²) in [4.78, 5) is 19.1. The van der Waals surface area contributed by atoms with Gasteiger partial charge in [0.15, 0.2) is 0 Å². The van der Waals surface area contributed by atoms with Crippen LogP contribution in [0.1, 0.15) is 24.6 Å². The van der Waals surface area contributed by atoms with Crippen molar-refractivity contribution in [3.8, 4) is 0 Å². The van der Waals surface area contributed by atoms with Gasteiger partial charge in [-0.1, -0.05) is 6.92 Å². The van der Waals surface area contributed by atoms with Crippen LogP contribution in [-0.2, 0) is 6.54 Å². The van der Waals surface area contributed by atoms with Crippen molar-refractivity contribution in [1.82, 2.24) is 14.3 Å². The van der Waals surface area contributed by atoms with Gasteiger partial charge in [-0.3, -0.25) is 14.1 Å². The molecule has 0 bridgehead atoms. The van der Waals surface area contributed by atoms with E-state index < -0.39 is 0 Å². The van der Waals surface area contributed by atoms with Crippen LogP contribution in [0.5, 0.6) is 0 Å². The highest BCUT2D eigenvalue weighted by Gasteiger charge is 2.23. The molecule has 0 spiro atoms. The summed E-state index contributed by atoms with van der Waals surface area (Å²) in [5.74, 6) is 0.488. The molecule has 2 N–H and O–H groups in total. The third-order valence-corrected chi connectivity index (χ3v) is 4.32. The van der Waals surface area contributed by atoms with Crippen LogP contribution >= 0.6 is 0 Å². The van der Waals surface area contributed by atoms with Crippen LogP contribution in [0.4, 0.5) is 0 Å². The number of hydrogen-bond acceptors (Lipinski definition) is 4. The van der Waals surface area contributed by atoms with E-state index in [1.54, 1.807) is 16.7 Å². The predicted molar refractivity (Wildman–Crippen MR) is 83.2 cm³/mol. The Balaban J connectivity index is 1.86. The van der Waals surface area contributed by atoms with Crippen LogP contribution in [0.15, 0.2) is 29.2 Å². The summed E-state index contributed by atoms with van der Waals surface area (Å²) in [6, 6.07) is 5.80. The van der Waals surface area contributed by atoms with Crippen molar-refractivity contribution in [2.75, 3.05) is 13.1 Å². The molecule has 5 nitrogen and oxygen atoms in total. The molecule has 0 aliphatic carbocycles. The average Bonchev–Trinajstić information content (AvgIpc) is 2.42. The highest BCUT2D eigenvalue weighted by molar-refractivity contribution is 5.41. The molecular weight excluding hydrogens is 264 g/mol. The van der Waals surface area contributed by atoms with Gasteiger partial charge in [0, 0.05) is 37.9 Å². The van der Waals surface area contributed by atoms with E-state index in [-0.39, 0.29) is 5.56 Å². The van der Waals surface area contributed by atoms with Crippen LogP contribution in [0.2, 0.25) is 0 Å². The first-order valence-corrected chi connectivity index (χ1v) is 7.50. The second-order valence-corrected chi connectivity index (χ2v) is 6.18. The molecule has 21 heavy (non-hydrogen) atoms. The number of pyridine rings is 1. The van der Waals surface area contributed by atoms with Gasteiger partial charge in [-0.05, 0) is 37.0 Å². The minimum Gasteiger partial charge on any atom is -0.327 e. The summed E-state index contributed by atoms with van der Waals surface area (Å²) in [5.41, 5.74) is 8.71. The van der Waals surface area contributed by atoms with E-state index >= 15 is 0 Å². The molecule has 0 saturated carbocycles. The summed E-state index contributed by atoms with van der Waals surface area (Å²) in [6.45, 7) is 6.85. The zero-order chi connectivity index (χ0) is 15.0. The molecule has 5 heteroatoms. The average molecular weight is 286 g/mol. The lowest BCUT2D eigenvalue weighted by molar-refractivity contribution is 0.156. The van der Waals surface area contributed by atoms with Gasteiger partial charge in [0.2, 0.25) is 0 Å². The maximum absolute atomic E-state index is 12.2. The molecular formula is C16H22N4O. The zero-order valence-corrected chi connectivity index (χ0v) is 12.6. The highest BCUT2D eigenvalue weighted by atomic mass is 16.1. The fourth-order valence-electron chi connectivity index (χ4n) is 2.96. The van der Waals surface area contributed by atoms with Crippen molar-refractivity contribution in [2.45, 2.75) is 32.9 Å². The maximum atomic E-state index is 12.2. The molecule has 1 saturated heterocycles. The van der Waals surface area contributed by atoms with Gasteiger partial charge in [-0.15, -0.1) is 0 Å². The highest BCUT2D eigenvalue weighted by Crippen LogP contribution is 2.16. The Hall–Kier alpha value is -1.72. The Morgan fingerprint density at radius 1 is 1.43 bits per heavy atom. The minimum atomic E-state index is -0.0169. The molecule has 2 aromatic rings. The number of rotatable bonds is 2. The normalized spacial score (nSPS) is 23.6. The van der Waals surface area contributed by atoms with Gasteiger partial charge in [0.05, 0.1) is 5.69 Å². The van der Waals surface area contributed by atoms with E-state index in [0.717, 1.165) is 43.0 Å². The lowest BCUT2D eigenvalue weighted by atomic mass is 9.95. The summed E-state index contributed by atoms with van der Waals surface area (Å²) in [5, 5.41) is 0. The van der Waals surface area contributed by atoms with Gasteiger partial charge in [0.25, 0.3) is 5.56 Å². The number of nitrogens with zero attached hydrogens (tertiary/aromatic N) is 3. The molecule has 3 heterocycles. The summed E-state index contributed by atoms with van der Waals surface area (Å²) < 4.78 is 1.59. The minimum absolute atomic E-state index is 0.0169. The van der Waals surface area contributed by atoms with Crippen molar-refractivity contribution in [3.05, 3.63) is 46.0 Å². The molecule has 2 aromatic heterocycles. The van der Waals surface area contributed by atoms with Crippen molar-refractivity contribution in [1.29, 1.82) is 0 Å². The van der Waals surface area contributed by atoms with E-state index in [1.807, 2.05) is 19.1 Å². The van der Waals surface area contributed by atoms with E-state index in [0.29, 0.717) is 12.0 Å². The van der Waals surface area contributed by atoms with Crippen molar-refractivity contribution < 1.29 is 0 Å². The van der Waals surface area contributed by atoms with Gasteiger partial charge in [-0.2, -0.15) is 0 Å². The van der Waals surface area contributed by atoms with Crippen LogP contribution < -0.4 is 11.3 Å². The topological polar surface area (TPSA) is 63.6 Å². The molecule has 1 fully saturated rings. The Morgan fingerprint density at radius 3 is 3.00 bits per heavy atom.